The SMILES string of the molecule is Clc1ccc2oc3cccnc3c2n1. The molecule has 0 amide bonds. The van der Waals surface area contributed by atoms with Gasteiger partial charge in [0.05, 0.1) is 0 Å². The van der Waals surface area contributed by atoms with Crippen molar-refractivity contribution in [3.63, 3.8) is 0 Å². The zero-order valence-corrected chi connectivity index (χ0v) is 7.82. The summed E-state index contributed by atoms with van der Waals surface area (Å²) < 4.78 is 5.52. The lowest BCUT2D eigenvalue weighted by Crippen LogP contribution is -1.76. The molecule has 14 heavy (non-hydrogen) atoms. The van der Waals surface area contributed by atoms with Crippen molar-refractivity contribution in [1.82, 2.24) is 9.97 Å². The first-order valence-corrected chi connectivity index (χ1v) is 4.52. The number of aromatic nitrogens is 2. The van der Waals surface area contributed by atoms with E-state index in [1.54, 1.807) is 18.3 Å². The van der Waals surface area contributed by atoms with Crippen molar-refractivity contribution in [3.8, 4) is 0 Å². The van der Waals surface area contributed by atoms with Crippen LogP contribution in [0, 0.1) is 0 Å². The number of hydrogen-bond donors (Lipinski definition) is 0. The van der Waals surface area contributed by atoms with Gasteiger partial charge in [-0.15, -0.1) is 0 Å². The Hall–Kier alpha value is -1.61. The highest BCUT2D eigenvalue weighted by molar-refractivity contribution is 6.30. The molecule has 0 aromatic carbocycles. The first kappa shape index (κ1) is 7.76. The third kappa shape index (κ3) is 0.992. The lowest BCUT2D eigenvalue weighted by atomic mass is 10.3. The topological polar surface area (TPSA) is 38.9 Å². The van der Waals surface area contributed by atoms with Gasteiger partial charge in [0.25, 0.3) is 0 Å². The molecule has 0 aliphatic heterocycles. The average molecular weight is 205 g/mol. The van der Waals surface area contributed by atoms with E-state index >= 15 is 0 Å². The van der Waals surface area contributed by atoms with Gasteiger partial charge in [-0.05, 0) is 24.3 Å². The smallest absolute Gasteiger partial charge is 0.155 e. The second-order valence-electron chi connectivity index (χ2n) is 2.93. The molecule has 0 aliphatic carbocycles. The van der Waals surface area contributed by atoms with Crippen LogP contribution in [0.5, 0.6) is 0 Å². The van der Waals surface area contributed by atoms with Gasteiger partial charge in [-0.1, -0.05) is 11.6 Å². The Morgan fingerprint density at radius 2 is 1.93 bits per heavy atom. The molecule has 0 fully saturated rings. The van der Waals surface area contributed by atoms with Gasteiger partial charge in [-0.2, -0.15) is 0 Å². The first-order valence-electron chi connectivity index (χ1n) is 4.14. The third-order valence-electron chi connectivity index (χ3n) is 2.04. The highest BCUT2D eigenvalue weighted by Gasteiger charge is 2.08. The fraction of sp³-hybridized carbons (Fsp3) is 0. The molecule has 3 aromatic heterocycles. The summed E-state index contributed by atoms with van der Waals surface area (Å²) in [5.41, 5.74) is 2.92. The molecule has 0 unspecified atom stereocenters. The maximum absolute atomic E-state index is 5.80. The fourth-order valence-corrected chi connectivity index (χ4v) is 1.59. The van der Waals surface area contributed by atoms with Crippen LogP contribution in [0.1, 0.15) is 0 Å². The molecular weight excluding hydrogens is 200 g/mol. The molecule has 3 heterocycles. The van der Waals surface area contributed by atoms with Crippen molar-refractivity contribution in [2.24, 2.45) is 0 Å². The van der Waals surface area contributed by atoms with Crippen LogP contribution < -0.4 is 0 Å². The van der Waals surface area contributed by atoms with Crippen molar-refractivity contribution >= 4 is 33.8 Å². The molecule has 0 spiro atoms. The van der Waals surface area contributed by atoms with Crippen LogP contribution >= 0.6 is 11.6 Å². The molecule has 68 valence electrons. The normalized spacial score (nSPS) is 11.2. The predicted octanol–water partition coefficient (Wildman–Crippen LogP) is 3.03. The molecular formula is C10H5ClN2O. The summed E-state index contributed by atoms with van der Waals surface area (Å²) in [5, 5.41) is 0.450. The predicted molar refractivity (Wildman–Crippen MR) is 54.3 cm³/mol. The zero-order chi connectivity index (χ0) is 9.54. The Bertz CT molecular complexity index is 618. The summed E-state index contributed by atoms with van der Waals surface area (Å²) in [7, 11) is 0. The van der Waals surface area contributed by atoms with Crippen molar-refractivity contribution in [2.75, 3.05) is 0 Å². The summed E-state index contributed by atoms with van der Waals surface area (Å²) in [6.45, 7) is 0. The highest BCUT2D eigenvalue weighted by Crippen LogP contribution is 2.25. The van der Waals surface area contributed by atoms with Crippen molar-refractivity contribution < 1.29 is 4.42 Å². The Morgan fingerprint density at radius 1 is 1.07 bits per heavy atom. The minimum atomic E-state index is 0.450. The van der Waals surface area contributed by atoms with E-state index in [4.69, 9.17) is 16.0 Å². The van der Waals surface area contributed by atoms with Gasteiger partial charge < -0.3 is 4.42 Å². The van der Waals surface area contributed by atoms with Gasteiger partial charge in [0.15, 0.2) is 11.2 Å². The van der Waals surface area contributed by atoms with E-state index in [2.05, 4.69) is 9.97 Å². The van der Waals surface area contributed by atoms with Crippen LogP contribution in [0.15, 0.2) is 34.9 Å². The molecule has 0 bridgehead atoms. The van der Waals surface area contributed by atoms with Crippen molar-refractivity contribution in [2.45, 2.75) is 0 Å². The van der Waals surface area contributed by atoms with Crippen molar-refractivity contribution in [3.05, 3.63) is 35.6 Å². The monoisotopic (exact) mass is 204 g/mol. The Balaban J connectivity index is 2.58. The van der Waals surface area contributed by atoms with E-state index in [1.807, 2.05) is 12.1 Å². The Morgan fingerprint density at radius 3 is 2.86 bits per heavy atom. The van der Waals surface area contributed by atoms with Gasteiger partial charge >= 0.3 is 0 Å². The van der Waals surface area contributed by atoms with E-state index in [9.17, 15) is 0 Å². The van der Waals surface area contributed by atoms with Gasteiger partial charge in [0.1, 0.15) is 16.2 Å². The Labute approximate surface area is 84.3 Å². The number of fused-ring (bicyclic) bond motifs is 3. The molecule has 0 radical (unpaired) electrons. The van der Waals surface area contributed by atoms with Crippen LogP contribution in [0.4, 0.5) is 0 Å². The third-order valence-corrected chi connectivity index (χ3v) is 2.25. The standard InChI is InChI=1S/C10H5ClN2O/c11-8-4-3-7-10(13-8)9-6(14-7)2-1-5-12-9/h1-5H. The number of rotatable bonds is 0. The average Bonchev–Trinajstić information content (AvgIpc) is 2.56. The van der Waals surface area contributed by atoms with Gasteiger partial charge in [-0.3, -0.25) is 4.98 Å². The number of furan rings is 1. The minimum absolute atomic E-state index is 0.450. The first-order chi connectivity index (χ1) is 6.84. The summed E-state index contributed by atoms with van der Waals surface area (Å²) >= 11 is 5.80. The number of hydrogen-bond acceptors (Lipinski definition) is 3. The minimum Gasteiger partial charge on any atom is -0.453 e. The van der Waals surface area contributed by atoms with E-state index < -0.39 is 0 Å². The molecule has 0 N–H and O–H groups in total. The van der Waals surface area contributed by atoms with Gasteiger partial charge in [-0.25, -0.2) is 4.98 Å². The number of pyridine rings is 2. The molecule has 3 rings (SSSR count). The molecule has 0 saturated heterocycles. The summed E-state index contributed by atoms with van der Waals surface area (Å²) in [5.74, 6) is 0. The molecule has 0 atom stereocenters. The number of nitrogens with zero attached hydrogens (tertiary/aromatic N) is 2. The zero-order valence-electron chi connectivity index (χ0n) is 7.07. The lowest BCUT2D eigenvalue weighted by Gasteiger charge is -1.87. The van der Waals surface area contributed by atoms with Crippen LogP contribution in [-0.4, -0.2) is 9.97 Å². The van der Waals surface area contributed by atoms with Crippen LogP contribution in [-0.2, 0) is 0 Å². The van der Waals surface area contributed by atoms with Crippen LogP contribution in [0.2, 0.25) is 5.15 Å². The van der Waals surface area contributed by atoms with Crippen LogP contribution in [0.25, 0.3) is 22.2 Å². The highest BCUT2D eigenvalue weighted by atomic mass is 35.5. The maximum Gasteiger partial charge on any atom is 0.155 e. The summed E-state index contributed by atoms with van der Waals surface area (Å²) in [4.78, 5) is 8.37. The van der Waals surface area contributed by atoms with Gasteiger partial charge in [0.2, 0.25) is 0 Å². The van der Waals surface area contributed by atoms with Gasteiger partial charge in [0, 0.05) is 6.20 Å². The molecule has 3 nitrogen and oxygen atoms in total. The maximum atomic E-state index is 5.80. The molecule has 0 saturated carbocycles. The van der Waals surface area contributed by atoms with E-state index in [1.165, 1.54) is 0 Å². The second kappa shape index (κ2) is 2.69. The molecule has 0 aliphatic rings. The fourth-order valence-electron chi connectivity index (χ4n) is 1.44. The summed E-state index contributed by atoms with van der Waals surface area (Å²) in [6, 6.07) is 7.18. The Kier molecular flexibility index (Phi) is 1.49. The van der Waals surface area contributed by atoms with Crippen molar-refractivity contribution in [1.29, 1.82) is 0 Å². The largest absolute Gasteiger partial charge is 0.453 e. The number of halogens is 1. The second-order valence-corrected chi connectivity index (χ2v) is 3.32. The van der Waals surface area contributed by atoms with E-state index in [0.29, 0.717) is 16.3 Å². The van der Waals surface area contributed by atoms with E-state index in [-0.39, 0.29) is 0 Å². The lowest BCUT2D eigenvalue weighted by molar-refractivity contribution is 0.667. The molecule has 3 aromatic rings. The quantitative estimate of drug-likeness (QED) is 0.529. The van der Waals surface area contributed by atoms with E-state index in [0.717, 1.165) is 11.1 Å². The molecule has 4 heteroatoms. The van der Waals surface area contributed by atoms with Crippen LogP contribution in [0.3, 0.4) is 0 Å². The summed E-state index contributed by atoms with van der Waals surface area (Å²) in [6.07, 6.45) is 1.71.